The van der Waals surface area contributed by atoms with E-state index in [1.807, 2.05) is 19.9 Å². The molecular formula is C19H21N5O4. The van der Waals surface area contributed by atoms with Gasteiger partial charge in [-0.05, 0) is 43.7 Å². The Labute approximate surface area is 162 Å². The highest BCUT2D eigenvalue weighted by molar-refractivity contribution is 6.00. The van der Waals surface area contributed by atoms with Crippen molar-refractivity contribution in [3.63, 3.8) is 0 Å². The molecule has 1 aromatic carbocycles. The molecular weight excluding hydrogens is 362 g/mol. The minimum absolute atomic E-state index is 0.00784. The Bertz CT molecular complexity index is 990. The van der Waals surface area contributed by atoms with Gasteiger partial charge in [0.25, 0.3) is 11.8 Å². The van der Waals surface area contributed by atoms with Gasteiger partial charge in [0.05, 0.1) is 14.2 Å². The third-order valence-electron chi connectivity index (χ3n) is 3.87. The number of aromatic nitrogens is 4. The summed E-state index contributed by atoms with van der Waals surface area (Å²) in [6, 6.07) is 7.26. The molecule has 1 N–H and O–H groups in total. The predicted octanol–water partition coefficient (Wildman–Crippen LogP) is 3.18. The van der Waals surface area contributed by atoms with Crippen molar-refractivity contribution in [2.45, 2.75) is 19.9 Å². The predicted molar refractivity (Wildman–Crippen MR) is 103 cm³/mol. The van der Waals surface area contributed by atoms with Crippen LogP contribution in [0.4, 0.5) is 6.01 Å². The molecule has 3 rings (SSSR count). The first-order valence-electron chi connectivity index (χ1n) is 8.60. The summed E-state index contributed by atoms with van der Waals surface area (Å²) in [7, 11) is 3.12. The zero-order valence-electron chi connectivity index (χ0n) is 16.0. The van der Waals surface area contributed by atoms with Crippen LogP contribution < -0.4 is 14.8 Å². The van der Waals surface area contributed by atoms with Gasteiger partial charge in [-0.15, -0.1) is 5.10 Å². The molecule has 2 aromatic heterocycles. The number of carbonyl (C=O) groups excluding carboxylic acids is 1. The van der Waals surface area contributed by atoms with Crippen molar-refractivity contribution in [1.29, 1.82) is 0 Å². The van der Waals surface area contributed by atoms with Gasteiger partial charge in [-0.2, -0.15) is 5.10 Å². The molecule has 0 aliphatic carbocycles. The highest BCUT2D eigenvalue weighted by atomic mass is 16.5. The maximum Gasteiger partial charge on any atom is 0.322 e. The zero-order valence-corrected chi connectivity index (χ0v) is 16.0. The number of carbonyl (C=O) groups is 1. The van der Waals surface area contributed by atoms with Gasteiger partial charge in [0.2, 0.25) is 0 Å². The molecule has 0 aliphatic heterocycles. The van der Waals surface area contributed by atoms with Crippen LogP contribution in [-0.2, 0) is 4.79 Å². The van der Waals surface area contributed by atoms with E-state index < -0.39 is 5.91 Å². The first kappa shape index (κ1) is 19.2. The summed E-state index contributed by atoms with van der Waals surface area (Å²) in [4.78, 5) is 12.1. The Morgan fingerprint density at radius 2 is 1.96 bits per heavy atom. The third-order valence-corrected chi connectivity index (χ3v) is 3.87. The van der Waals surface area contributed by atoms with Gasteiger partial charge >= 0.3 is 6.01 Å². The fraction of sp³-hybridized carbons (Fsp3) is 0.263. The second kappa shape index (κ2) is 8.38. The maximum atomic E-state index is 12.1. The lowest BCUT2D eigenvalue weighted by molar-refractivity contribution is -0.112. The molecule has 0 spiro atoms. The van der Waals surface area contributed by atoms with E-state index in [0.717, 1.165) is 5.56 Å². The van der Waals surface area contributed by atoms with Crippen LogP contribution in [0.3, 0.4) is 0 Å². The van der Waals surface area contributed by atoms with E-state index in [1.165, 1.54) is 6.08 Å². The van der Waals surface area contributed by atoms with E-state index in [-0.39, 0.29) is 17.9 Å². The average molecular weight is 383 g/mol. The highest BCUT2D eigenvalue weighted by Gasteiger charge is 2.15. The molecule has 3 aromatic rings. The number of ether oxygens (including phenoxy) is 2. The SMILES string of the molecule is COc1ccc(/C=C/C(=O)Nc2nnc(-c3ccnn3C(C)C)o2)cc1OC. The van der Waals surface area contributed by atoms with Gasteiger partial charge < -0.3 is 13.9 Å². The number of anilines is 1. The van der Waals surface area contributed by atoms with Crippen molar-refractivity contribution in [1.82, 2.24) is 20.0 Å². The lowest BCUT2D eigenvalue weighted by Gasteiger charge is -2.07. The first-order valence-corrected chi connectivity index (χ1v) is 8.60. The summed E-state index contributed by atoms with van der Waals surface area (Å²) in [6.45, 7) is 3.99. The van der Waals surface area contributed by atoms with Crippen LogP contribution in [0.5, 0.6) is 11.5 Å². The van der Waals surface area contributed by atoms with E-state index in [4.69, 9.17) is 13.9 Å². The summed E-state index contributed by atoms with van der Waals surface area (Å²) in [5.74, 6) is 1.07. The van der Waals surface area contributed by atoms with Crippen LogP contribution in [0.25, 0.3) is 17.7 Å². The minimum Gasteiger partial charge on any atom is -0.493 e. The second-order valence-corrected chi connectivity index (χ2v) is 6.10. The lowest BCUT2D eigenvalue weighted by atomic mass is 10.2. The van der Waals surface area contributed by atoms with Crippen molar-refractivity contribution in [3.05, 3.63) is 42.1 Å². The fourth-order valence-corrected chi connectivity index (χ4v) is 2.55. The molecule has 0 saturated carbocycles. The van der Waals surface area contributed by atoms with Crippen molar-refractivity contribution in [2.75, 3.05) is 19.5 Å². The smallest absolute Gasteiger partial charge is 0.322 e. The van der Waals surface area contributed by atoms with Gasteiger partial charge in [0, 0.05) is 18.3 Å². The van der Waals surface area contributed by atoms with Crippen molar-refractivity contribution in [2.24, 2.45) is 0 Å². The number of hydrogen-bond donors (Lipinski definition) is 1. The van der Waals surface area contributed by atoms with E-state index >= 15 is 0 Å². The second-order valence-electron chi connectivity index (χ2n) is 6.10. The van der Waals surface area contributed by atoms with Gasteiger partial charge in [0.1, 0.15) is 5.69 Å². The maximum absolute atomic E-state index is 12.1. The summed E-state index contributed by atoms with van der Waals surface area (Å²) in [5.41, 5.74) is 1.46. The number of benzene rings is 1. The Morgan fingerprint density at radius 3 is 2.68 bits per heavy atom. The monoisotopic (exact) mass is 383 g/mol. The first-order chi connectivity index (χ1) is 13.5. The van der Waals surface area contributed by atoms with E-state index in [2.05, 4.69) is 20.6 Å². The number of hydrogen-bond acceptors (Lipinski definition) is 7. The number of methoxy groups -OCH3 is 2. The molecule has 9 nitrogen and oxygen atoms in total. The number of nitrogens with zero attached hydrogens (tertiary/aromatic N) is 4. The molecule has 0 atom stereocenters. The molecule has 9 heteroatoms. The van der Waals surface area contributed by atoms with Gasteiger partial charge in [-0.25, -0.2) is 0 Å². The van der Waals surface area contributed by atoms with E-state index in [9.17, 15) is 4.79 Å². The normalized spacial score (nSPS) is 11.2. The quantitative estimate of drug-likeness (QED) is 0.625. The largest absolute Gasteiger partial charge is 0.493 e. The number of amides is 1. The fourth-order valence-electron chi connectivity index (χ4n) is 2.55. The van der Waals surface area contributed by atoms with Crippen LogP contribution >= 0.6 is 0 Å². The van der Waals surface area contributed by atoms with Crippen molar-refractivity contribution < 1.29 is 18.7 Å². The van der Waals surface area contributed by atoms with Crippen LogP contribution in [0.15, 0.2) is 41.0 Å². The molecule has 146 valence electrons. The Kier molecular flexibility index (Phi) is 5.73. The Morgan fingerprint density at radius 1 is 1.18 bits per heavy atom. The third kappa shape index (κ3) is 4.20. The summed E-state index contributed by atoms with van der Waals surface area (Å²) >= 11 is 0. The molecule has 28 heavy (non-hydrogen) atoms. The molecule has 0 radical (unpaired) electrons. The summed E-state index contributed by atoms with van der Waals surface area (Å²) < 4.78 is 17.7. The lowest BCUT2D eigenvalue weighted by Crippen LogP contribution is -2.07. The van der Waals surface area contributed by atoms with Crippen LogP contribution in [0.2, 0.25) is 0 Å². The van der Waals surface area contributed by atoms with Crippen LogP contribution in [0.1, 0.15) is 25.5 Å². The summed E-state index contributed by atoms with van der Waals surface area (Å²) in [5, 5.41) is 14.6. The number of nitrogens with one attached hydrogen (secondary N) is 1. The molecule has 0 bridgehead atoms. The topological polar surface area (TPSA) is 104 Å². The molecule has 0 saturated heterocycles. The zero-order chi connectivity index (χ0) is 20.1. The minimum atomic E-state index is -0.401. The number of rotatable bonds is 7. The standard InChI is InChI=1S/C19H21N5O4/c1-12(2)24-14(9-10-20-24)18-22-23-19(28-18)21-17(25)8-6-13-5-7-15(26-3)16(11-13)27-4/h5-12H,1-4H3,(H,21,23,25)/b8-6+. The molecule has 1 amide bonds. The highest BCUT2D eigenvalue weighted by Crippen LogP contribution is 2.28. The Hall–Kier alpha value is -3.62. The summed E-state index contributed by atoms with van der Waals surface area (Å²) in [6.07, 6.45) is 4.66. The van der Waals surface area contributed by atoms with Gasteiger partial charge in [-0.3, -0.25) is 14.8 Å². The van der Waals surface area contributed by atoms with Crippen LogP contribution in [-0.4, -0.2) is 40.1 Å². The molecule has 2 heterocycles. The Balaban J connectivity index is 1.68. The molecule has 0 fully saturated rings. The van der Waals surface area contributed by atoms with Crippen molar-refractivity contribution >= 4 is 18.0 Å². The van der Waals surface area contributed by atoms with Gasteiger partial charge in [-0.1, -0.05) is 11.2 Å². The van der Waals surface area contributed by atoms with E-state index in [0.29, 0.717) is 17.2 Å². The van der Waals surface area contributed by atoms with Crippen LogP contribution in [0, 0.1) is 0 Å². The van der Waals surface area contributed by atoms with E-state index in [1.54, 1.807) is 49.4 Å². The van der Waals surface area contributed by atoms with Gasteiger partial charge in [0.15, 0.2) is 11.5 Å². The van der Waals surface area contributed by atoms with Crippen molar-refractivity contribution in [3.8, 4) is 23.1 Å². The average Bonchev–Trinajstić information content (AvgIpc) is 3.35. The molecule has 0 unspecified atom stereocenters. The molecule has 0 aliphatic rings.